The maximum absolute atomic E-state index is 13.1. The first-order valence-corrected chi connectivity index (χ1v) is 8.63. The van der Waals surface area contributed by atoms with Crippen LogP contribution in [-0.2, 0) is 9.84 Å². The first kappa shape index (κ1) is 17.1. The Hall–Kier alpha value is -2.28. The monoisotopic (exact) mass is 339 g/mol. The van der Waals surface area contributed by atoms with E-state index in [2.05, 4.69) is 5.32 Å². The van der Waals surface area contributed by atoms with Crippen molar-refractivity contribution < 1.29 is 22.0 Å². The van der Waals surface area contributed by atoms with E-state index in [1.807, 2.05) is 0 Å². The molecule has 0 aliphatic rings. The van der Waals surface area contributed by atoms with E-state index in [9.17, 15) is 22.0 Å². The largest absolute Gasteiger partial charge is 0.346 e. The molecule has 0 saturated carbocycles. The lowest BCUT2D eigenvalue weighted by Crippen LogP contribution is -2.26. The summed E-state index contributed by atoms with van der Waals surface area (Å²) in [5.41, 5.74) is 0.546. The molecule has 0 saturated heterocycles. The van der Waals surface area contributed by atoms with Crippen molar-refractivity contribution in [3.05, 3.63) is 65.2 Å². The summed E-state index contributed by atoms with van der Waals surface area (Å²) in [7, 11) is -3.29. The molecule has 0 aromatic heterocycles. The van der Waals surface area contributed by atoms with Gasteiger partial charge in [-0.25, -0.2) is 17.2 Å². The third kappa shape index (κ3) is 4.35. The van der Waals surface area contributed by atoms with Gasteiger partial charge in [0.2, 0.25) is 0 Å². The number of sulfone groups is 1. The van der Waals surface area contributed by atoms with Crippen LogP contribution in [0.5, 0.6) is 0 Å². The quantitative estimate of drug-likeness (QED) is 0.932. The summed E-state index contributed by atoms with van der Waals surface area (Å²) in [4.78, 5) is 12.2. The van der Waals surface area contributed by atoms with Gasteiger partial charge in [0.15, 0.2) is 9.84 Å². The molecule has 2 rings (SSSR count). The van der Waals surface area contributed by atoms with E-state index in [-0.39, 0.29) is 10.5 Å². The van der Waals surface area contributed by atoms with Gasteiger partial charge < -0.3 is 5.32 Å². The Morgan fingerprint density at radius 1 is 1.04 bits per heavy atom. The maximum atomic E-state index is 13.1. The molecule has 23 heavy (non-hydrogen) atoms. The molecule has 0 fully saturated rings. The van der Waals surface area contributed by atoms with E-state index in [4.69, 9.17) is 0 Å². The molecule has 0 aliphatic carbocycles. The van der Waals surface area contributed by atoms with Crippen LogP contribution in [0, 0.1) is 11.6 Å². The van der Waals surface area contributed by atoms with Crippen LogP contribution in [0.3, 0.4) is 0 Å². The fourth-order valence-electron chi connectivity index (χ4n) is 2.05. The fourth-order valence-corrected chi connectivity index (χ4v) is 2.68. The lowest BCUT2D eigenvalue weighted by molar-refractivity contribution is 0.0939. The molecule has 1 N–H and O–H groups in total. The molecule has 0 aliphatic heterocycles. The van der Waals surface area contributed by atoms with Crippen molar-refractivity contribution in [3.8, 4) is 0 Å². The molecule has 0 spiro atoms. The van der Waals surface area contributed by atoms with Gasteiger partial charge in [-0.15, -0.1) is 0 Å². The van der Waals surface area contributed by atoms with Gasteiger partial charge >= 0.3 is 0 Å². The Kier molecular flexibility index (Phi) is 4.79. The van der Waals surface area contributed by atoms with E-state index in [0.29, 0.717) is 11.6 Å². The zero-order valence-corrected chi connectivity index (χ0v) is 13.3. The zero-order valence-electron chi connectivity index (χ0n) is 12.5. The summed E-state index contributed by atoms with van der Waals surface area (Å²) in [6.07, 6.45) is 1.10. The van der Waals surface area contributed by atoms with Crippen molar-refractivity contribution in [3.63, 3.8) is 0 Å². The minimum absolute atomic E-state index is 0.123. The molecule has 2 aromatic rings. The van der Waals surface area contributed by atoms with E-state index >= 15 is 0 Å². The van der Waals surface area contributed by atoms with Gasteiger partial charge in [-0.2, -0.15) is 0 Å². The van der Waals surface area contributed by atoms with Gasteiger partial charge in [0.25, 0.3) is 5.91 Å². The number of benzene rings is 2. The van der Waals surface area contributed by atoms with Crippen molar-refractivity contribution in [2.75, 3.05) is 6.26 Å². The number of amides is 1. The lowest BCUT2D eigenvalue weighted by Gasteiger charge is -2.15. The molecule has 1 unspecified atom stereocenters. The van der Waals surface area contributed by atoms with Gasteiger partial charge in [-0.3, -0.25) is 4.79 Å². The summed E-state index contributed by atoms with van der Waals surface area (Å²) in [5, 5.41) is 2.60. The second-order valence-corrected chi connectivity index (χ2v) is 7.21. The van der Waals surface area contributed by atoms with Crippen LogP contribution < -0.4 is 5.32 Å². The summed E-state index contributed by atoms with van der Waals surface area (Å²) in [6.45, 7) is 1.68. The summed E-state index contributed by atoms with van der Waals surface area (Å²) in [6, 6.07) is 8.15. The standard InChI is InChI=1S/C16H15F2NO3S/c1-10(11-3-5-15(6-4-11)23(2,21)22)19-16(20)12-7-13(17)9-14(18)8-12/h3-10H,1-2H3,(H,19,20). The number of rotatable bonds is 4. The van der Waals surface area contributed by atoms with Gasteiger partial charge in [0.1, 0.15) is 11.6 Å². The normalized spacial score (nSPS) is 12.7. The highest BCUT2D eigenvalue weighted by molar-refractivity contribution is 7.90. The average Bonchev–Trinajstić information content (AvgIpc) is 2.45. The second kappa shape index (κ2) is 6.45. The second-order valence-electron chi connectivity index (χ2n) is 5.19. The molecular formula is C16H15F2NO3S. The number of carbonyl (C=O) groups excluding carboxylic acids is 1. The van der Waals surface area contributed by atoms with Gasteiger partial charge in [-0.05, 0) is 36.8 Å². The SMILES string of the molecule is CC(NC(=O)c1cc(F)cc(F)c1)c1ccc(S(C)(=O)=O)cc1. The van der Waals surface area contributed by atoms with E-state index < -0.39 is 33.4 Å². The average molecular weight is 339 g/mol. The molecule has 122 valence electrons. The molecule has 7 heteroatoms. The van der Waals surface area contributed by atoms with Crippen LogP contribution in [0.25, 0.3) is 0 Å². The third-order valence-electron chi connectivity index (χ3n) is 3.28. The zero-order chi connectivity index (χ0) is 17.2. The van der Waals surface area contributed by atoms with Crippen molar-refractivity contribution in [2.24, 2.45) is 0 Å². The molecule has 1 atom stereocenters. The molecule has 4 nitrogen and oxygen atoms in total. The van der Waals surface area contributed by atoms with Gasteiger partial charge in [0, 0.05) is 17.9 Å². The highest BCUT2D eigenvalue weighted by Gasteiger charge is 2.14. The third-order valence-corrected chi connectivity index (χ3v) is 4.41. The van der Waals surface area contributed by atoms with Crippen LogP contribution in [0.15, 0.2) is 47.4 Å². The first-order valence-electron chi connectivity index (χ1n) is 6.74. The van der Waals surface area contributed by atoms with Crippen molar-refractivity contribution in [1.29, 1.82) is 0 Å². The van der Waals surface area contributed by atoms with Crippen molar-refractivity contribution in [2.45, 2.75) is 17.9 Å². The Morgan fingerprint density at radius 2 is 1.57 bits per heavy atom. The number of halogens is 2. The van der Waals surface area contributed by atoms with E-state index in [1.54, 1.807) is 19.1 Å². The van der Waals surface area contributed by atoms with Crippen LogP contribution in [0.4, 0.5) is 8.78 Å². The Bertz CT molecular complexity index is 813. The van der Waals surface area contributed by atoms with Crippen molar-refractivity contribution >= 4 is 15.7 Å². The molecule has 1 amide bonds. The summed E-state index contributed by atoms with van der Waals surface area (Å²) in [5.74, 6) is -2.29. The van der Waals surface area contributed by atoms with E-state index in [0.717, 1.165) is 18.4 Å². The molecule has 0 bridgehead atoms. The van der Waals surface area contributed by atoms with Crippen LogP contribution >= 0.6 is 0 Å². The molecule has 0 radical (unpaired) electrons. The van der Waals surface area contributed by atoms with Crippen LogP contribution in [0.2, 0.25) is 0 Å². The predicted octanol–water partition coefficient (Wildman–Crippen LogP) is 2.86. The topological polar surface area (TPSA) is 63.2 Å². The number of carbonyl (C=O) groups is 1. The van der Waals surface area contributed by atoms with Crippen LogP contribution in [-0.4, -0.2) is 20.6 Å². The molecule has 2 aromatic carbocycles. The highest BCUT2D eigenvalue weighted by atomic mass is 32.2. The number of hydrogen-bond donors (Lipinski definition) is 1. The predicted molar refractivity (Wildman–Crippen MR) is 81.8 cm³/mol. The Labute approximate surface area is 133 Å². The van der Waals surface area contributed by atoms with Gasteiger partial charge in [-0.1, -0.05) is 12.1 Å². The molecular weight excluding hydrogens is 324 g/mol. The van der Waals surface area contributed by atoms with Crippen LogP contribution in [0.1, 0.15) is 28.9 Å². The minimum Gasteiger partial charge on any atom is -0.346 e. The Balaban J connectivity index is 2.15. The lowest BCUT2D eigenvalue weighted by atomic mass is 10.1. The smallest absolute Gasteiger partial charge is 0.251 e. The van der Waals surface area contributed by atoms with Gasteiger partial charge in [0.05, 0.1) is 10.9 Å². The summed E-state index contributed by atoms with van der Waals surface area (Å²) >= 11 is 0. The highest BCUT2D eigenvalue weighted by Crippen LogP contribution is 2.17. The summed E-state index contributed by atoms with van der Waals surface area (Å²) < 4.78 is 49.1. The minimum atomic E-state index is -3.29. The first-order chi connectivity index (χ1) is 10.7. The molecule has 0 heterocycles. The fraction of sp³-hybridized carbons (Fsp3) is 0.188. The maximum Gasteiger partial charge on any atom is 0.251 e. The van der Waals surface area contributed by atoms with E-state index in [1.165, 1.54) is 12.1 Å². The van der Waals surface area contributed by atoms with Crippen molar-refractivity contribution in [1.82, 2.24) is 5.32 Å². The number of nitrogens with one attached hydrogen (secondary N) is 1. The number of hydrogen-bond acceptors (Lipinski definition) is 3. The Morgan fingerprint density at radius 3 is 2.04 bits per heavy atom.